The van der Waals surface area contributed by atoms with Gasteiger partial charge in [-0.2, -0.15) is 15.0 Å². The molecule has 1 aliphatic heterocycles. The number of methoxy groups -OCH3 is 3. The standard InChI is InChI=1S/C23H24N6O4/c1-31-17-4-5-18(19(10-17)29-25-6-7-26-29)23(30)28-12-15-8-14(9-16(15)13-28)21-22(33-3)24-11-20(27-21)32-2/h4-8,10-11,15-16H,9,12-13H2,1-3H3. The number of ether oxygens (including phenoxy) is 3. The van der Waals surface area contributed by atoms with Crippen LogP contribution in [0.25, 0.3) is 11.3 Å². The topological polar surface area (TPSA) is 104 Å². The number of carbonyl (C=O) groups is 1. The molecule has 0 radical (unpaired) electrons. The van der Waals surface area contributed by atoms with Crippen molar-refractivity contribution < 1.29 is 19.0 Å². The zero-order valence-electron chi connectivity index (χ0n) is 18.6. The molecule has 2 atom stereocenters. The molecule has 0 spiro atoms. The third-order valence-corrected chi connectivity index (χ3v) is 6.17. The lowest BCUT2D eigenvalue weighted by Crippen LogP contribution is -2.30. The van der Waals surface area contributed by atoms with Gasteiger partial charge in [0.15, 0.2) is 0 Å². The minimum absolute atomic E-state index is 0.0481. The Balaban J connectivity index is 1.39. The van der Waals surface area contributed by atoms with E-state index in [1.165, 1.54) is 4.80 Å². The maximum Gasteiger partial charge on any atom is 0.256 e. The van der Waals surface area contributed by atoms with Gasteiger partial charge in [0.25, 0.3) is 5.91 Å². The van der Waals surface area contributed by atoms with Crippen LogP contribution in [0.4, 0.5) is 0 Å². The van der Waals surface area contributed by atoms with Crippen molar-refractivity contribution in [3.63, 3.8) is 0 Å². The summed E-state index contributed by atoms with van der Waals surface area (Å²) in [4.78, 5) is 25.6. The second-order valence-corrected chi connectivity index (χ2v) is 8.00. The number of carbonyl (C=O) groups excluding carboxylic acids is 1. The van der Waals surface area contributed by atoms with E-state index >= 15 is 0 Å². The molecule has 0 saturated carbocycles. The Kier molecular flexibility index (Phi) is 5.41. The van der Waals surface area contributed by atoms with Crippen LogP contribution in [0.15, 0.2) is 42.9 Å². The van der Waals surface area contributed by atoms with Gasteiger partial charge in [0, 0.05) is 19.2 Å². The van der Waals surface area contributed by atoms with E-state index in [-0.39, 0.29) is 11.8 Å². The van der Waals surface area contributed by atoms with Gasteiger partial charge in [-0.25, -0.2) is 9.97 Å². The van der Waals surface area contributed by atoms with Gasteiger partial charge < -0.3 is 19.1 Å². The summed E-state index contributed by atoms with van der Waals surface area (Å²) in [6, 6.07) is 5.32. The fourth-order valence-electron chi connectivity index (χ4n) is 4.57. The molecule has 2 aliphatic rings. The molecule has 1 amide bonds. The minimum Gasteiger partial charge on any atom is -0.497 e. The Labute approximate surface area is 190 Å². The molecule has 1 saturated heterocycles. The van der Waals surface area contributed by atoms with E-state index in [0.717, 1.165) is 12.0 Å². The number of rotatable bonds is 6. The number of nitrogens with zero attached hydrogens (tertiary/aromatic N) is 6. The van der Waals surface area contributed by atoms with Crippen molar-refractivity contribution in [3.05, 3.63) is 54.1 Å². The highest BCUT2D eigenvalue weighted by molar-refractivity contribution is 5.98. The van der Waals surface area contributed by atoms with Gasteiger partial charge in [-0.15, -0.1) is 0 Å². The SMILES string of the molecule is COc1ccc(C(=O)N2CC3C=C(c4nc(OC)cnc4OC)CC3C2)c(-n2nccn2)c1. The third kappa shape index (κ3) is 3.77. The average molecular weight is 448 g/mol. The summed E-state index contributed by atoms with van der Waals surface area (Å²) < 4.78 is 16.0. The molecule has 2 unspecified atom stereocenters. The first-order valence-corrected chi connectivity index (χ1v) is 10.6. The van der Waals surface area contributed by atoms with E-state index in [1.807, 2.05) is 4.90 Å². The Hall–Kier alpha value is -3.95. The number of aromatic nitrogens is 5. The van der Waals surface area contributed by atoms with Crippen LogP contribution in [0.1, 0.15) is 22.5 Å². The Bertz CT molecular complexity index is 1210. The van der Waals surface area contributed by atoms with Crippen LogP contribution < -0.4 is 14.2 Å². The normalized spacial score (nSPS) is 19.2. The van der Waals surface area contributed by atoms with Crippen LogP contribution in [-0.2, 0) is 0 Å². The maximum absolute atomic E-state index is 13.5. The van der Waals surface area contributed by atoms with Crippen molar-refractivity contribution >= 4 is 11.5 Å². The molecule has 5 rings (SSSR count). The van der Waals surface area contributed by atoms with Gasteiger partial charge in [-0.1, -0.05) is 6.08 Å². The summed E-state index contributed by atoms with van der Waals surface area (Å²) in [6.07, 6.45) is 7.68. The predicted molar refractivity (Wildman–Crippen MR) is 119 cm³/mol. The predicted octanol–water partition coefficient (Wildman–Crippen LogP) is 2.26. The van der Waals surface area contributed by atoms with Crippen LogP contribution in [0, 0.1) is 11.8 Å². The van der Waals surface area contributed by atoms with Gasteiger partial charge in [0.05, 0.1) is 45.5 Å². The fraction of sp³-hybridized carbons (Fsp3) is 0.348. The van der Waals surface area contributed by atoms with Crippen molar-refractivity contribution in [2.24, 2.45) is 11.8 Å². The van der Waals surface area contributed by atoms with Crippen molar-refractivity contribution in [1.82, 2.24) is 29.9 Å². The highest BCUT2D eigenvalue weighted by atomic mass is 16.5. The second-order valence-electron chi connectivity index (χ2n) is 8.00. The molecule has 1 aliphatic carbocycles. The Morgan fingerprint density at radius 2 is 1.88 bits per heavy atom. The third-order valence-electron chi connectivity index (χ3n) is 6.17. The van der Waals surface area contributed by atoms with Crippen LogP contribution in [0.5, 0.6) is 17.5 Å². The number of benzene rings is 1. The smallest absolute Gasteiger partial charge is 0.256 e. The summed E-state index contributed by atoms with van der Waals surface area (Å²) in [7, 11) is 4.73. The molecular formula is C23H24N6O4. The molecule has 1 aromatic carbocycles. The van der Waals surface area contributed by atoms with Crippen LogP contribution in [0.2, 0.25) is 0 Å². The van der Waals surface area contributed by atoms with E-state index in [0.29, 0.717) is 53.5 Å². The van der Waals surface area contributed by atoms with E-state index in [1.54, 1.807) is 58.1 Å². The Morgan fingerprint density at radius 1 is 1.06 bits per heavy atom. The number of fused-ring (bicyclic) bond motifs is 1. The van der Waals surface area contributed by atoms with E-state index in [4.69, 9.17) is 14.2 Å². The maximum atomic E-state index is 13.5. The number of hydrogen-bond donors (Lipinski definition) is 0. The molecule has 33 heavy (non-hydrogen) atoms. The number of likely N-dealkylation sites (tertiary alicyclic amines) is 1. The number of amides is 1. The first-order valence-electron chi connectivity index (χ1n) is 10.6. The van der Waals surface area contributed by atoms with Crippen molar-refractivity contribution in [1.29, 1.82) is 0 Å². The average Bonchev–Trinajstić information content (AvgIpc) is 3.59. The molecule has 2 aromatic heterocycles. The molecule has 0 N–H and O–H groups in total. The number of hydrogen-bond acceptors (Lipinski definition) is 8. The quantitative estimate of drug-likeness (QED) is 0.566. The lowest BCUT2D eigenvalue weighted by molar-refractivity contribution is 0.0784. The summed E-state index contributed by atoms with van der Waals surface area (Å²) in [6.45, 7) is 1.28. The van der Waals surface area contributed by atoms with E-state index in [9.17, 15) is 4.79 Å². The van der Waals surface area contributed by atoms with Gasteiger partial charge in [0.1, 0.15) is 17.1 Å². The van der Waals surface area contributed by atoms with E-state index < -0.39 is 0 Å². The van der Waals surface area contributed by atoms with Crippen LogP contribution >= 0.6 is 0 Å². The monoisotopic (exact) mass is 448 g/mol. The van der Waals surface area contributed by atoms with Crippen LogP contribution in [-0.4, -0.2) is 70.2 Å². The molecule has 10 heteroatoms. The largest absolute Gasteiger partial charge is 0.497 e. The highest BCUT2D eigenvalue weighted by Crippen LogP contribution is 2.43. The molecular weight excluding hydrogens is 424 g/mol. The van der Waals surface area contributed by atoms with Gasteiger partial charge >= 0.3 is 0 Å². The van der Waals surface area contributed by atoms with E-state index in [2.05, 4.69) is 26.2 Å². The molecule has 1 fully saturated rings. The molecule has 170 valence electrons. The first kappa shape index (κ1) is 20.9. The lowest BCUT2D eigenvalue weighted by atomic mass is 9.99. The lowest BCUT2D eigenvalue weighted by Gasteiger charge is -2.19. The zero-order chi connectivity index (χ0) is 22.9. The summed E-state index contributed by atoms with van der Waals surface area (Å²) >= 11 is 0. The molecule has 3 aromatic rings. The Morgan fingerprint density at radius 3 is 2.58 bits per heavy atom. The first-order chi connectivity index (χ1) is 16.1. The van der Waals surface area contributed by atoms with Gasteiger partial charge in [-0.05, 0) is 36.0 Å². The fourth-order valence-corrected chi connectivity index (χ4v) is 4.57. The zero-order valence-corrected chi connectivity index (χ0v) is 18.6. The van der Waals surface area contributed by atoms with Crippen molar-refractivity contribution in [2.75, 3.05) is 34.4 Å². The molecule has 10 nitrogen and oxygen atoms in total. The van der Waals surface area contributed by atoms with Gasteiger partial charge in [-0.3, -0.25) is 4.79 Å². The molecule has 3 heterocycles. The highest BCUT2D eigenvalue weighted by Gasteiger charge is 2.40. The summed E-state index contributed by atoms with van der Waals surface area (Å²) in [5.41, 5.74) is 2.91. The van der Waals surface area contributed by atoms with Crippen molar-refractivity contribution in [2.45, 2.75) is 6.42 Å². The second kappa shape index (κ2) is 8.53. The minimum atomic E-state index is -0.0481. The summed E-state index contributed by atoms with van der Waals surface area (Å²) in [5, 5.41) is 8.40. The van der Waals surface area contributed by atoms with Crippen LogP contribution in [0.3, 0.4) is 0 Å². The number of allylic oxidation sites excluding steroid dienone is 1. The molecule has 0 bridgehead atoms. The summed E-state index contributed by atoms with van der Waals surface area (Å²) in [5.74, 6) is 2.06. The van der Waals surface area contributed by atoms with Gasteiger partial charge in [0.2, 0.25) is 11.8 Å². The van der Waals surface area contributed by atoms with Crippen molar-refractivity contribution in [3.8, 4) is 23.2 Å².